The maximum absolute atomic E-state index is 11.0. The normalized spacial score (nSPS) is 12.2. The Hall–Kier alpha value is -0.830. The lowest BCUT2D eigenvalue weighted by Crippen LogP contribution is -2.12. The van der Waals surface area contributed by atoms with Crippen LogP contribution < -0.4 is 0 Å². The molecule has 1 unspecified atom stereocenters. The fourth-order valence-electron chi connectivity index (χ4n) is 0.737. The Morgan fingerprint density at radius 1 is 1.67 bits per heavy atom. The zero-order valence-electron chi connectivity index (χ0n) is 7.67. The van der Waals surface area contributed by atoms with E-state index in [1.807, 2.05) is 6.92 Å². The van der Waals surface area contributed by atoms with Gasteiger partial charge < -0.3 is 9.84 Å². The van der Waals surface area contributed by atoms with Crippen molar-refractivity contribution in [3.05, 3.63) is 12.2 Å². The van der Waals surface area contributed by atoms with Crippen LogP contribution in [0.3, 0.4) is 0 Å². The number of hydrogen-bond donors (Lipinski definition) is 1. The topological polar surface area (TPSA) is 46.5 Å². The third kappa shape index (κ3) is 4.91. The number of carbonyl (C=O) groups excluding carboxylic acids is 1. The molecule has 0 bridgehead atoms. The highest BCUT2D eigenvalue weighted by atomic mass is 16.5. The van der Waals surface area contributed by atoms with Gasteiger partial charge in [0.25, 0.3) is 0 Å². The van der Waals surface area contributed by atoms with Crippen LogP contribution in [-0.2, 0) is 9.53 Å². The van der Waals surface area contributed by atoms with Crippen molar-refractivity contribution in [1.29, 1.82) is 0 Å². The summed E-state index contributed by atoms with van der Waals surface area (Å²) in [4.78, 5) is 11.0. The summed E-state index contributed by atoms with van der Waals surface area (Å²) < 4.78 is 4.80. The minimum atomic E-state index is -0.535. The van der Waals surface area contributed by atoms with Gasteiger partial charge in [-0.3, -0.25) is 0 Å². The molecule has 0 fully saturated rings. The van der Waals surface area contributed by atoms with Crippen LogP contribution in [0.4, 0.5) is 0 Å². The molecule has 0 aliphatic rings. The molecule has 3 nitrogen and oxygen atoms in total. The molecule has 0 rings (SSSR count). The Labute approximate surface area is 73.0 Å². The lowest BCUT2D eigenvalue weighted by atomic mass is 10.1. The van der Waals surface area contributed by atoms with E-state index in [0.29, 0.717) is 12.2 Å². The molecule has 0 saturated heterocycles. The first-order chi connectivity index (χ1) is 5.57. The Morgan fingerprint density at radius 2 is 2.25 bits per heavy atom. The van der Waals surface area contributed by atoms with Gasteiger partial charge >= 0.3 is 5.97 Å². The van der Waals surface area contributed by atoms with Crippen LogP contribution in [0.5, 0.6) is 0 Å². The van der Waals surface area contributed by atoms with Gasteiger partial charge in [-0.05, 0) is 13.3 Å². The molecule has 0 amide bonds. The molecule has 0 aliphatic carbocycles. The zero-order valence-corrected chi connectivity index (χ0v) is 7.67. The fourth-order valence-corrected chi connectivity index (χ4v) is 0.737. The van der Waals surface area contributed by atoms with E-state index in [-0.39, 0.29) is 6.42 Å². The highest BCUT2D eigenvalue weighted by molar-refractivity contribution is 5.87. The molecule has 0 aromatic heterocycles. The van der Waals surface area contributed by atoms with E-state index in [0.717, 1.165) is 6.42 Å². The summed E-state index contributed by atoms with van der Waals surface area (Å²) in [6, 6.07) is 0. The maximum Gasteiger partial charge on any atom is 0.333 e. The van der Waals surface area contributed by atoms with Gasteiger partial charge in [0.2, 0.25) is 0 Å². The van der Waals surface area contributed by atoms with Crippen LogP contribution in [-0.4, -0.2) is 23.8 Å². The van der Waals surface area contributed by atoms with E-state index in [9.17, 15) is 4.79 Å². The van der Waals surface area contributed by atoms with Crippen molar-refractivity contribution < 1.29 is 14.6 Å². The Kier molecular flexibility index (Phi) is 5.37. The van der Waals surface area contributed by atoms with Crippen LogP contribution in [0.25, 0.3) is 0 Å². The highest BCUT2D eigenvalue weighted by Gasteiger charge is 2.09. The summed E-state index contributed by atoms with van der Waals surface area (Å²) in [7, 11) is 0. The highest BCUT2D eigenvalue weighted by Crippen LogP contribution is 2.04. The largest absolute Gasteiger partial charge is 0.462 e. The molecular formula is C9H16O3. The molecule has 0 spiro atoms. The molecule has 0 saturated carbocycles. The average molecular weight is 172 g/mol. The predicted octanol–water partition coefficient (Wildman–Crippen LogP) is 1.27. The van der Waals surface area contributed by atoms with Gasteiger partial charge in [0.05, 0.1) is 12.7 Å². The number of aliphatic hydroxyl groups is 1. The van der Waals surface area contributed by atoms with Crippen molar-refractivity contribution in [2.24, 2.45) is 0 Å². The molecular weight excluding hydrogens is 156 g/mol. The quantitative estimate of drug-likeness (QED) is 0.501. The van der Waals surface area contributed by atoms with Crippen molar-refractivity contribution >= 4 is 5.97 Å². The Morgan fingerprint density at radius 3 is 2.67 bits per heavy atom. The van der Waals surface area contributed by atoms with Crippen LogP contribution in [0.1, 0.15) is 26.7 Å². The van der Waals surface area contributed by atoms with Gasteiger partial charge in [-0.15, -0.1) is 0 Å². The smallest absolute Gasteiger partial charge is 0.333 e. The third-order valence-corrected chi connectivity index (χ3v) is 1.27. The van der Waals surface area contributed by atoms with Crippen molar-refractivity contribution in [2.45, 2.75) is 32.8 Å². The number of ether oxygens (including phenoxy) is 1. The number of esters is 1. The summed E-state index contributed by atoms with van der Waals surface area (Å²) in [6.45, 7) is 7.46. The first-order valence-electron chi connectivity index (χ1n) is 4.10. The van der Waals surface area contributed by atoms with Crippen molar-refractivity contribution in [3.63, 3.8) is 0 Å². The van der Waals surface area contributed by atoms with Gasteiger partial charge in [-0.1, -0.05) is 13.5 Å². The molecule has 0 aromatic rings. The van der Waals surface area contributed by atoms with Gasteiger partial charge in [-0.2, -0.15) is 0 Å². The molecule has 0 heterocycles. The average Bonchev–Trinajstić information content (AvgIpc) is 1.98. The second-order valence-corrected chi connectivity index (χ2v) is 2.79. The van der Waals surface area contributed by atoms with Gasteiger partial charge in [0.1, 0.15) is 0 Å². The van der Waals surface area contributed by atoms with Crippen molar-refractivity contribution in [1.82, 2.24) is 0 Å². The fraction of sp³-hybridized carbons (Fsp3) is 0.667. The second kappa shape index (κ2) is 5.77. The Bertz CT molecular complexity index is 161. The summed E-state index contributed by atoms with van der Waals surface area (Å²) >= 11 is 0. The zero-order chi connectivity index (χ0) is 9.56. The van der Waals surface area contributed by atoms with Gasteiger partial charge in [0, 0.05) is 12.0 Å². The molecule has 1 atom stereocenters. The number of aliphatic hydroxyl groups excluding tert-OH is 1. The number of carbonyl (C=O) groups is 1. The molecule has 12 heavy (non-hydrogen) atoms. The van der Waals surface area contributed by atoms with E-state index in [1.54, 1.807) is 6.92 Å². The van der Waals surface area contributed by atoms with E-state index < -0.39 is 12.1 Å². The van der Waals surface area contributed by atoms with E-state index in [2.05, 4.69) is 6.58 Å². The molecule has 0 aromatic carbocycles. The summed E-state index contributed by atoms with van der Waals surface area (Å²) in [5.74, 6) is -0.405. The summed E-state index contributed by atoms with van der Waals surface area (Å²) in [5.41, 5.74) is 0.332. The Balaban J connectivity index is 3.70. The number of hydrogen-bond acceptors (Lipinski definition) is 3. The molecule has 1 N–H and O–H groups in total. The van der Waals surface area contributed by atoms with Crippen LogP contribution in [0.15, 0.2) is 12.2 Å². The minimum Gasteiger partial charge on any atom is -0.462 e. The predicted molar refractivity (Wildman–Crippen MR) is 46.7 cm³/mol. The van der Waals surface area contributed by atoms with Gasteiger partial charge in [-0.25, -0.2) is 4.79 Å². The van der Waals surface area contributed by atoms with E-state index in [1.165, 1.54) is 0 Å². The van der Waals surface area contributed by atoms with E-state index >= 15 is 0 Å². The molecule has 3 heteroatoms. The lowest BCUT2D eigenvalue weighted by molar-refractivity contribution is -0.139. The lowest BCUT2D eigenvalue weighted by Gasteiger charge is -2.07. The van der Waals surface area contributed by atoms with E-state index in [4.69, 9.17) is 9.84 Å². The maximum atomic E-state index is 11.0. The summed E-state index contributed by atoms with van der Waals surface area (Å²) in [5, 5.41) is 8.93. The SMILES string of the molecule is C=C(CC(C)O)C(=O)OCCC. The summed E-state index contributed by atoms with van der Waals surface area (Å²) in [6.07, 6.45) is 0.544. The standard InChI is InChI=1S/C9H16O3/c1-4-5-12-9(11)7(2)6-8(3)10/h8,10H,2,4-6H2,1,3H3. The van der Waals surface area contributed by atoms with Crippen molar-refractivity contribution in [3.8, 4) is 0 Å². The monoisotopic (exact) mass is 172 g/mol. The molecule has 0 radical (unpaired) electrons. The van der Waals surface area contributed by atoms with Gasteiger partial charge in [0.15, 0.2) is 0 Å². The minimum absolute atomic E-state index is 0.280. The van der Waals surface area contributed by atoms with Crippen LogP contribution in [0, 0.1) is 0 Å². The van der Waals surface area contributed by atoms with Crippen molar-refractivity contribution in [2.75, 3.05) is 6.61 Å². The second-order valence-electron chi connectivity index (χ2n) is 2.79. The first-order valence-corrected chi connectivity index (χ1v) is 4.10. The number of rotatable bonds is 5. The van der Waals surface area contributed by atoms with Crippen LogP contribution in [0.2, 0.25) is 0 Å². The molecule has 70 valence electrons. The van der Waals surface area contributed by atoms with Crippen LogP contribution >= 0.6 is 0 Å². The first kappa shape index (κ1) is 11.2. The third-order valence-electron chi connectivity index (χ3n) is 1.27. The molecule has 0 aliphatic heterocycles.